The molecule has 0 fully saturated rings. The number of carbonyl (C=O) groups is 1. The summed E-state index contributed by atoms with van der Waals surface area (Å²) >= 11 is 1.24. The zero-order valence-corrected chi connectivity index (χ0v) is 18.1. The quantitative estimate of drug-likeness (QED) is 0.435. The van der Waals surface area contributed by atoms with Gasteiger partial charge in [0, 0.05) is 30.2 Å². The molecule has 162 valence electrons. The maximum atomic E-state index is 13.6. The Morgan fingerprint density at radius 3 is 2.76 bits per heavy atom. The molecule has 0 unspecified atom stereocenters. The van der Waals surface area contributed by atoms with E-state index in [2.05, 4.69) is 19.9 Å². The Bertz CT molecular complexity index is 1480. The van der Waals surface area contributed by atoms with Crippen LogP contribution >= 0.6 is 11.3 Å². The van der Waals surface area contributed by atoms with Gasteiger partial charge in [-0.3, -0.25) is 14.8 Å². The van der Waals surface area contributed by atoms with Gasteiger partial charge in [-0.1, -0.05) is 24.3 Å². The molecule has 0 bridgehead atoms. The van der Waals surface area contributed by atoms with Crippen molar-refractivity contribution in [2.24, 2.45) is 0 Å². The highest BCUT2D eigenvalue weighted by Crippen LogP contribution is 2.35. The van der Waals surface area contributed by atoms with Crippen LogP contribution in [-0.2, 0) is 6.42 Å². The molecule has 5 aromatic rings. The van der Waals surface area contributed by atoms with Gasteiger partial charge in [0.05, 0.1) is 35.8 Å². The van der Waals surface area contributed by atoms with Crippen molar-refractivity contribution in [2.75, 3.05) is 6.54 Å². The van der Waals surface area contributed by atoms with Gasteiger partial charge in [-0.05, 0) is 23.6 Å². The summed E-state index contributed by atoms with van der Waals surface area (Å²) in [5.41, 5.74) is 3.11. The van der Waals surface area contributed by atoms with E-state index in [-0.39, 0.29) is 5.91 Å². The van der Waals surface area contributed by atoms with Crippen molar-refractivity contribution in [1.29, 1.82) is 0 Å². The number of aromatic amines is 1. The zero-order valence-electron chi connectivity index (χ0n) is 17.3. The molecule has 0 saturated heterocycles. The lowest BCUT2D eigenvalue weighted by Crippen LogP contribution is -2.40. The monoisotopic (exact) mass is 456 g/mol. The van der Waals surface area contributed by atoms with E-state index in [4.69, 9.17) is 4.98 Å². The number of carbonyl (C=O) groups excluding carboxylic acids is 1. The molecule has 1 amide bonds. The van der Waals surface area contributed by atoms with Crippen LogP contribution in [0.15, 0.2) is 67.4 Å². The van der Waals surface area contributed by atoms with Crippen molar-refractivity contribution in [1.82, 2.24) is 29.8 Å². The SMILES string of the molecule is O=C(c1cnc(-c2ccc(F)cn2)s1)N1CCc2[nH]cnc2[C@H]1c1cc2ccccc2cn1. The van der Waals surface area contributed by atoms with E-state index in [1.54, 1.807) is 23.5 Å². The zero-order chi connectivity index (χ0) is 22.4. The highest BCUT2D eigenvalue weighted by molar-refractivity contribution is 7.16. The van der Waals surface area contributed by atoms with E-state index >= 15 is 0 Å². The largest absolute Gasteiger partial charge is 0.348 e. The van der Waals surface area contributed by atoms with Crippen molar-refractivity contribution in [3.8, 4) is 10.7 Å². The third-order valence-electron chi connectivity index (χ3n) is 5.78. The average molecular weight is 457 g/mol. The standard InChI is InChI=1S/C24H17FN6OS/c25-16-5-6-18(27-11-16)23-28-12-20(33-23)24(32)31-8-7-17-21(30-13-29-17)22(31)19-9-14-3-1-2-4-15(14)10-26-19/h1-6,9-13,22H,7-8H2,(H,29,30)/t22-/m1/s1. The number of nitrogens with zero attached hydrogens (tertiary/aromatic N) is 5. The molecule has 9 heteroatoms. The number of aromatic nitrogens is 5. The second-order valence-corrected chi connectivity index (χ2v) is 8.80. The Balaban J connectivity index is 1.39. The Morgan fingerprint density at radius 2 is 1.91 bits per heavy atom. The number of imidazole rings is 1. The summed E-state index contributed by atoms with van der Waals surface area (Å²) in [7, 11) is 0. The van der Waals surface area contributed by atoms with Crippen LogP contribution in [0.5, 0.6) is 0 Å². The molecule has 1 aliphatic heterocycles. The Hall–Kier alpha value is -3.98. The molecule has 0 spiro atoms. The maximum Gasteiger partial charge on any atom is 0.266 e. The van der Waals surface area contributed by atoms with Crippen LogP contribution in [0.2, 0.25) is 0 Å². The number of rotatable bonds is 3. The van der Waals surface area contributed by atoms with Crippen molar-refractivity contribution in [3.63, 3.8) is 0 Å². The molecule has 0 saturated carbocycles. The Labute approximate surface area is 192 Å². The minimum Gasteiger partial charge on any atom is -0.348 e. The summed E-state index contributed by atoms with van der Waals surface area (Å²) < 4.78 is 13.2. The van der Waals surface area contributed by atoms with Crippen molar-refractivity contribution < 1.29 is 9.18 Å². The van der Waals surface area contributed by atoms with E-state index < -0.39 is 11.9 Å². The van der Waals surface area contributed by atoms with Crippen LogP contribution in [0.1, 0.15) is 32.8 Å². The summed E-state index contributed by atoms with van der Waals surface area (Å²) in [6.45, 7) is 0.523. The number of thiazole rings is 1. The number of nitrogens with one attached hydrogen (secondary N) is 1. The second-order valence-electron chi connectivity index (χ2n) is 7.77. The van der Waals surface area contributed by atoms with Gasteiger partial charge in [-0.2, -0.15) is 0 Å². The number of hydrogen-bond acceptors (Lipinski definition) is 6. The first-order valence-corrected chi connectivity index (χ1v) is 11.2. The van der Waals surface area contributed by atoms with Gasteiger partial charge in [-0.15, -0.1) is 11.3 Å². The van der Waals surface area contributed by atoms with E-state index in [1.165, 1.54) is 17.4 Å². The molecule has 33 heavy (non-hydrogen) atoms. The topological polar surface area (TPSA) is 87.7 Å². The number of pyridine rings is 2. The summed E-state index contributed by atoms with van der Waals surface area (Å²) in [6, 6.07) is 12.5. The molecule has 4 aromatic heterocycles. The Morgan fingerprint density at radius 1 is 1.03 bits per heavy atom. The van der Waals surface area contributed by atoms with E-state index in [0.29, 0.717) is 28.5 Å². The molecule has 1 aliphatic rings. The van der Waals surface area contributed by atoms with Gasteiger partial charge in [0.1, 0.15) is 21.7 Å². The highest BCUT2D eigenvalue weighted by Gasteiger charge is 2.36. The number of amides is 1. The lowest BCUT2D eigenvalue weighted by molar-refractivity contribution is 0.0692. The highest BCUT2D eigenvalue weighted by atomic mass is 32.1. The number of halogens is 1. The van der Waals surface area contributed by atoms with Crippen molar-refractivity contribution >= 4 is 28.0 Å². The van der Waals surface area contributed by atoms with Crippen LogP contribution in [0.3, 0.4) is 0 Å². The molecule has 6 rings (SSSR count). The number of hydrogen-bond donors (Lipinski definition) is 1. The molecule has 0 aliphatic carbocycles. The van der Waals surface area contributed by atoms with Crippen molar-refractivity contribution in [3.05, 3.63) is 95.2 Å². The van der Waals surface area contributed by atoms with E-state index in [9.17, 15) is 9.18 Å². The van der Waals surface area contributed by atoms with E-state index in [0.717, 1.165) is 34.1 Å². The molecular weight excluding hydrogens is 439 g/mol. The molecule has 1 N–H and O–H groups in total. The van der Waals surface area contributed by atoms with Crippen molar-refractivity contribution in [2.45, 2.75) is 12.5 Å². The first-order valence-electron chi connectivity index (χ1n) is 10.4. The van der Waals surface area contributed by atoms with Crippen LogP contribution in [0, 0.1) is 5.82 Å². The second kappa shape index (κ2) is 7.86. The summed E-state index contributed by atoms with van der Waals surface area (Å²) in [5.74, 6) is -0.560. The molecule has 7 nitrogen and oxygen atoms in total. The molecule has 0 radical (unpaired) electrons. The predicted molar refractivity (Wildman–Crippen MR) is 122 cm³/mol. The fourth-order valence-corrected chi connectivity index (χ4v) is 5.03. The van der Waals surface area contributed by atoms with Crippen LogP contribution in [-0.4, -0.2) is 42.3 Å². The molecular formula is C24H17FN6OS. The van der Waals surface area contributed by atoms with Gasteiger partial charge in [0.25, 0.3) is 5.91 Å². The maximum absolute atomic E-state index is 13.6. The minimum atomic E-state index is -0.416. The number of benzene rings is 1. The van der Waals surface area contributed by atoms with Crippen LogP contribution in [0.4, 0.5) is 4.39 Å². The Kier molecular flexibility index (Phi) is 4.69. The third kappa shape index (κ3) is 3.46. The van der Waals surface area contributed by atoms with Crippen LogP contribution in [0.25, 0.3) is 21.5 Å². The average Bonchev–Trinajstić information content (AvgIpc) is 3.53. The van der Waals surface area contributed by atoms with Crippen LogP contribution < -0.4 is 0 Å². The lowest BCUT2D eigenvalue weighted by Gasteiger charge is -2.34. The third-order valence-corrected chi connectivity index (χ3v) is 6.79. The van der Waals surface area contributed by atoms with Gasteiger partial charge in [-0.25, -0.2) is 14.4 Å². The molecule has 5 heterocycles. The van der Waals surface area contributed by atoms with Gasteiger partial charge in [0.15, 0.2) is 0 Å². The fourth-order valence-electron chi connectivity index (χ4n) is 4.18. The number of fused-ring (bicyclic) bond motifs is 2. The van der Waals surface area contributed by atoms with Gasteiger partial charge in [0.2, 0.25) is 0 Å². The predicted octanol–water partition coefficient (Wildman–Crippen LogP) is 4.40. The number of H-pyrrole nitrogens is 1. The first kappa shape index (κ1) is 19.7. The molecule has 1 atom stereocenters. The normalized spacial score (nSPS) is 15.5. The lowest BCUT2D eigenvalue weighted by atomic mass is 9.98. The summed E-state index contributed by atoms with van der Waals surface area (Å²) in [6.07, 6.45) is 6.87. The fraction of sp³-hybridized carbons (Fsp3) is 0.125. The first-order chi connectivity index (χ1) is 16.2. The molecule has 1 aromatic carbocycles. The van der Waals surface area contributed by atoms with Gasteiger partial charge < -0.3 is 9.88 Å². The summed E-state index contributed by atoms with van der Waals surface area (Å²) in [5, 5.41) is 2.66. The van der Waals surface area contributed by atoms with E-state index in [1.807, 2.05) is 36.5 Å². The smallest absolute Gasteiger partial charge is 0.266 e. The minimum absolute atomic E-state index is 0.144. The summed E-state index contributed by atoms with van der Waals surface area (Å²) in [4.78, 5) is 36.8. The van der Waals surface area contributed by atoms with Gasteiger partial charge >= 0.3 is 0 Å².